The molecule has 1 aliphatic heterocycles. The van der Waals surface area contributed by atoms with Crippen molar-refractivity contribution < 1.29 is 29.5 Å². The molecule has 234 valence electrons. The topological polar surface area (TPSA) is 152 Å². The molecule has 1 aliphatic rings. The van der Waals surface area contributed by atoms with E-state index in [0.717, 1.165) is 24.8 Å². The van der Waals surface area contributed by atoms with Crippen LogP contribution in [0.1, 0.15) is 68.2 Å². The van der Waals surface area contributed by atoms with Crippen LogP contribution >= 0.6 is 0 Å². The monoisotopic (exact) mass is 603 g/mol. The molecule has 0 saturated carbocycles. The highest BCUT2D eigenvalue weighted by Gasteiger charge is 2.66. The Hall–Kier alpha value is -4.15. The van der Waals surface area contributed by atoms with Crippen molar-refractivity contribution in [2.24, 2.45) is 10.8 Å². The highest BCUT2D eigenvalue weighted by atomic mass is 16.6. The highest BCUT2D eigenvalue weighted by molar-refractivity contribution is 5.84. The van der Waals surface area contributed by atoms with E-state index in [0.29, 0.717) is 12.2 Å². The Kier molecular flexibility index (Phi) is 10.5. The van der Waals surface area contributed by atoms with Crippen molar-refractivity contribution in [1.29, 1.82) is 0 Å². The summed E-state index contributed by atoms with van der Waals surface area (Å²) in [5.41, 5.74) is 0.519. The number of nitro benzene ring substituents is 1. The number of aryl methyl sites for hydroxylation is 1. The Labute approximate surface area is 257 Å². The molecule has 5 unspecified atom stereocenters. The zero-order chi connectivity index (χ0) is 31.9. The molecule has 2 heterocycles. The van der Waals surface area contributed by atoms with Crippen molar-refractivity contribution in [3.8, 4) is 0 Å². The molecule has 0 radical (unpaired) electrons. The quantitative estimate of drug-likeness (QED) is 0.121. The summed E-state index contributed by atoms with van der Waals surface area (Å²) in [4.78, 5) is 41.5. The van der Waals surface area contributed by atoms with Crippen LogP contribution in [0.2, 0.25) is 0 Å². The number of carboxylic acids is 2. The molecule has 1 aromatic heterocycles. The van der Waals surface area contributed by atoms with Gasteiger partial charge in [0.15, 0.2) is 0 Å². The molecule has 44 heavy (non-hydrogen) atoms. The number of nitrogens with zero attached hydrogens (tertiary/aromatic N) is 2. The Morgan fingerprint density at radius 1 is 0.955 bits per heavy atom. The van der Waals surface area contributed by atoms with Crippen molar-refractivity contribution >= 4 is 17.6 Å². The molecule has 0 spiro atoms. The maximum absolute atomic E-state index is 13.2. The van der Waals surface area contributed by atoms with Gasteiger partial charge in [-0.2, -0.15) is 0 Å². The van der Waals surface area contributed by atoms with E-state index >= 15 is 0 Å². The minimum atomic E-state index is -1.60. The van der Waals surface area contributed by atoms with Crippen LogP contribution < -0.4 is 5.32 Å². The zero-order valence-electron chi connectivity index (χ0n) is 25.4. The third-order valence-corrected chi connectivity index (χ3v) is 9.44. The predicted octanol–water partition coefficient (Wildman–Crippen LogP) is 5.64. The Bertz CT molecular complexity index is 1450. The number of carbonyl (C=O) groups is 2. The van der Waals surface area contributed by atoms with Gasteiger partial charge in [0.2, 0.25) is 0 Å². The Balaban J connectivity index is 1.48. The molecular weight excluding hydrogens is 562 g/mol. The van der Waals surface area contributed by atoms with E-state index in [-0.39, 0.29) is 25.1 Å². The van der Waals surface area contributed by atoms with Gasteiger partial charge < -0.3 is 20.3 Å². The lowest BCUT2D eigenvalue weighted by atomic mass is 9.50. The van der Waals surface area contributed by atoms with Gasteiger partial charge in [-0.1, -0.05) is 49.4 Å². The third kappa shape index (κ3) is 6.51. The second-order valence-electron chi connectivity index (χ2n) is 11.8. The minimum Gasteiger partial charge on any atom is -0.481 e. The number of aromatic nitrogens is 1. The summed E-state index contributed by atoms with van der Waals surface area (Å²) in [6, 6.07) is 16.9. The van der Waals surface area contributed by atoms with E-state index < -0.39 is 45.7 Å². The summed E-state index contributed by atoms with van der Waals surface area (Å²) in [5.74, 6) is -3.34. The zero-order valence-corrected chi connectivity index (χ0v) is 25.4. The number of ether oxygens (including phenoxy) is 1. The minimum absolute atomic E-state index is 0.0364. The first-order chi connectivity index (χ1) is 21.1. The number of pyridine rings is 1. The normalized spacial score (nSPS) is 24.9. The van der Waals surface area contributed by atoms with Crippen LogP contribution in [0.25, 0.3) is 0 Å². The number of piperidine rings is 1. The molecule has 4 rings (SSSR count). The molecular formula is C34H41N3O7. The summed E-state index contributed by atoms with van der Waals surface area (Å²) in [7, 11) is 0. The summed E-state index contributed by atoms with van der Waals surface area (Å²) in [5, 5.41) is 36.3. The summed E-state index contributed by atoms with van der Waals surface area (Å²) in [6.45, 7) is 5.72. The number of aliphatic carboxylic acids is 2. The lowest BCUT2D eigenvalue weighted by Crippen LogP contribution is -2.69. The van der Waals surface area contributed by atoms with Crippen molar-refractivity contribution in [2.75, 3.05) is 13.2 Å². The van der Waals surface area contributed by atoms with E-state index in [1.54, 1.807) is 33.0 Å². The van der Waals surface area contributed by atoms with Crippen LogP contribution in [0, 0.1) is 20.9 Å². The maximum atomic E-state index is 13.2. The molecule has 3 aromatic rings. The van der Waals surface area contributed by atoms with Crippen molar-refractivity contribution in [3.63, 3.8) is 0 Å². The first kappa shape index (κ1) is 32.8. The molecule has 10 nitrogen and oxygen atoms in total. The van der Waals surface area contributed by atoms with Gasteiger partial charge >= 0.3 is 11.9 Å². The molecule has 1 fully saturated rings. The van der Waals surface area contributed by atoms with Crippen LogP contribution in [0.4, 0.5) is 5.69 Å². The first-order valence-electron chi connectivity index (χ1n) is 15.1. The molecule has 0 bridgehead atoms. The number of benzene rings is 2. The summed E-state index contributed by atoms with van der Waals surface area (Å²) in [6.07, 6.45) is 6.12. The second kappa shape index (κ2) is 14.1. The number of rotatable bonds is 14. The van der Waals surface area contributed by atoms with Gasteiger partial charge in [-0.25, -0.2) is 0 Å². The van der Waals surface area contributed by atoms with Crippen LogP contribution in [0.3, 0.4) is 0 Å². The molecule has 2 aromatic carbocycles. The van der Waals surface area contributed by atoms with Crippen molar-refractivity contribution in [1.82, 2.24) is 10.3 Å². The number of nitrogens with one attached hydrogen (secondary N) is 1. The molecule has 0 aliphatic carbocycles. The summed E-state index contributed by atoms with van der Waals surface area (Å²) < 4.78 is 5.97. The Morgan fingerprint density at radius 3 is 2.25 bits per heavy atom. The standard InChI is InChI=1S/C34H41N3O7/c1-4-33(31(38)39)23(2)36-24(3)34(32(40)41,30(33)28-10-5-11-29(21-28)37(42)43)16-19-44-18-7-9-25-12-14-26(15-13-25)20-27-8-6-17-35-22-27/h5-6,8,10-15,17,21-24,30,36H,4,7,9,16,18-20H2,1-3H3,(H,38,39)(H,40,41). The number of hydrogen-bond donors (Lipinski definition) is 3. The van der Waals surface area contributed by atoms with Gasteiger partial charge in [-0.15, -0.1) is 0 Å². The Morgan fingerprint density at radius 2 is 1.64 bits per heavy atom. The van der Waals surface area contributed by atoms with Gasteiger partial charge in [0, 0.05) is 55.7 Å². The van der Waals surface area contributed by atoms with Crippen molar-refractivity contribution in [3.05, 3.63) is 105 Å². The number of nitro groups is 1. The fourth-order valence-corrected chi connectivity index (χ4v) is 7.08. The molecule has 10 heteroatoms. The lowest BCUT2D eigenvalue weighted by molar-refractivity contribution is -0.385. The number of hydrogen-bond acceptors (Lipinski definition) is 7. The SMILES string of the molecule is CCC1(C(=O)O)C(C)NC(C)C(CCOCCCc2ccc(Cc3cccnc3)cc2)(C(=O)O)C1c1cccc([N+](=O)[O-])c1. The molecule has 5 atom stereocenters. The van der Waals surface area contributed by atoms with Gasteiger partial charge in [0.25, 0.3) is 5.69 Å². The highest BCUT2D eigenvalue weighted by Crippen LogP contribution is 2.58. The predicted molar refractivity (Wildman–Crippen MR) is 166 cm³/mol. The first-order valence-corrected chi connectivity index (χ1v) is 15.1. The average Bonchev–Trinajstić information content (AvgIpc) is 3.00. The summed E-state index contributed by atoms with van der Waals surface area (Å²) >= 11 is 0. The maximum Gasteiger partial charge on any atom is 0.311 e. The third-order valence-electron chi connectivity index (χ3n) is 9.44. The second-order valence-corrected chi connectivity index (χ2v) is 11.8. The fraction of sp³-hybridized carbons (Fsp3) is 0.441. The van der Waals surface area contributed by atoms with Gasteiger partial charge in [-0.05, 0) is 74.3 Å². The van der Waals surface area contributed by atoms with E-state index in [2.05, 4.69) is 34.6 Å². The number of carboxylic acid groups (broad SMARTS) is 2. The lowest BCUT2D eigenvalue weighted by Gasteiger charge is -2.57. The smallest absolute Gasteiger partial charge is 0.311 e. The van der Waals surface area contributed by atoms with E-state index in [1.807, 2.05) is 18.3 Å². The number of non-ortho nitro benzene ring substituents is 1. The van der Waals surface area contributed by atoms with E-state index in [9.17, 15) is 29.9 Å². The molecule has 0 amide bonds. The molecule has 3 N–H and O–H groups in total. The fourth-order valence-electron chi connectivity index (χ4n) is 7.08. The van der Waals surface area contributed by atoms with Gasteiger partial charge in [-0.3, -0.25) is 24.7 Å². The van der Waals surface area contributed by atoms with Crippen LogP contribution in [0.15, 0.2) is 73.1 Å². The largest absolute Gasteiger partial charge is 0.481 e. The van der Waals surface area contributed by atoms with Gasteiger partial charge in [0.1, 0.15) is 0 Å². The van der Waals surface area contributed by atoms with Crippen molar-refractivity contribution in [2.45, 2.75) is 70.9 Å². The van der Waals surface area contributed by atoms with Gasteiger partial charge in [0.05, 0.1) is 15.8 Å². The van der Waals surface area contributed by atoms with Crippen LogP contribution in [0.5, 0.6) is 0 Å². The average molecular weight is 604 g/mol. The van der Waals surface area contributed by atoms with E-state index in [4.69, 9.17) is 4.74 Å². The van der Waals surface area contributed by atoms with E-state index in [1.165, 1.54) is 29.3 Å². The van der Waals surface area contributed by atoms with Crippen LogP contribution in [-0.2, 0) is 27.2 Å². The van der Waals surface area contributed by atoms with Crippen LogP contribution in [-0.4, -0.2) is 57.4 Å². The molecule has 1 saturated heterocycles.